The summed E-state index contributed by atoms with van der Waals surface area (Å²) >= 11 is 6.01. The normalized spacial score (nSPS) is 16.1. The van der Waals surface area contributed by atoms with Crippen molar-refractivity contribution in [3.05, 3.63) is 59.8 Å². The molecule has 1 aromatic heterocycles. The average Bonchev–Trinajstić information content (AvgIpc) is 2.56. The lowest BCUT2D eigenvalue weighted by molar-refractivity contribution is 0.249. The van der Waals surface area contributed by atoms with Crippen LogP contribution in [0.15, 0.2) is 48.7 Å². The number of piperazine rings is 1. The van der Waals surface area contributed by atoms with Crippen molar-refractivity contribution in [3.63, 3.8) is 0 Å². The van der Waals surface area contributed by atoms with Crippen molar-refractivity contribution in [3.8, 4) is 0 Å². The molecule has 0 unspecified atom stereocenters. The number of anilines is 1. The van der Waals surface area contributed by atoms with Crippen molar-refractivity contribution >= 4 is 17.4 Å². The number of halogens is 1. The number of aromatic nitrogens is 1. The molecule has 3 nitrogen and oxygen atoms in total. The zero-order valence-corrected chi connectivity index (χ0v) is 12.8. The zero-order chi connectivity index (χ0) is 14.5. The van der Waals surface area contributed by atoms with Crippen molar-refractivity contribution in [2.24, 2.45) is 0 Å². The number of rotatable bonds is 4. The molecule has 0 amide bonds. The highest BCUT2D eigenvalue weighted by Crippen LogP contribution is 2.21. The summed E-state index contributed by atoms with van der Waals surface area (Å²) in [5, 5.41) is 0. The molecular formula is C17H20ClN3. The van der Waals surface area contributed by atoms with E-state index in [4.69, 9.17) is 11.6 Å². The Morgan fingerprint density at radius 2 is 1.71 bits per heavy atom. The Balaban J connectivity index is 1.60. The smallest absolute Gasteiger partial charge is 0.133 e. The summed E-state index contributed by atoms with van der Waals surface area (Å²) in [7, 11) is 0. The third-order valence-corrected chi connectivity index (χ3v) is 4.22. The van der Waals surface area contributed by atoms with Gasteiger partial charge in [-0.05, 0) is 11.6 Å². The fourth-order valence-corrected chi connectivity index (χ4v) is 2.99. The fraction of sp³-hybridized carbons (Fsp3) is 0.353. The van der Waals surface area contributed by atoms with Gasteiger partial charge in [-0.2, -0.15) is 0 Å². The van der Waals surface area contributed by atoms with Crippen molar-refractivity contribution in [1.82, 2.24) is 9.88 Å². The second kappa shape index (κ2) is 6.92. The number of pyridine rings is 1. The van der Waals surface area contributed by atoms with Crippen LogP contribution in [0, 0.1) is 0 Å². The van der Waals surface area contributed by atoms with Crippen LogP contribution in [0.2, 0.25) is 0 Å². The van der Waals surface area contributed by atoms with Gasteiger partial charge in [0.1, 0.15) is 5.82 Å². The number of hydrogen-bond donors (Lipinski definition) is 0. The molecule has 1 aliphatic heterocycles. The Labute approximate surface area is 131 Å². The molecule has 110 valence electrons. The molecule has 0 saturated carbocycles. The first kappa shape index (κ1) is 14.4. The molecule has 0 radical (unpaired) electrons. The van der Waals surface area contributed by atoms with Crippen molar-refractivity contribution in [1.29, 1.82) is 0 Å². The molecule has 0 spiro atoms. The van der Waals surface area contributed by atoms with Crippen LogP contribution in [0.5, 0.6) is 0 Å². The van der Waals surface area contributed by atoms with E-state index in [1.165, 1.54) is 5.56 Å². The zero-order valence-electron chi connectivity index (χ0n) is 12.1. The molecule has 3 rings (SSSR count). The van der Waals surface area contributed by atoms with E-state index in [0.29, 0.717) is 5.88 Å². The van der Waals surface area contributed by atoms with Gasteiger partial charge in [0.25, 0.3) is 0 Å². The van der Waals surface area contributed by atoms with Crippen LogP contribution >= 0.6 is 11.6 Å². The molecule has 4 heteroatoms. The number of nitrogens with zero attached hydrogens (tertiary/aromatic N) is 3. The lowest BCUT2D eigenvalue weighted by Gasteiger charge is -2.36. The van der Waals surface area contributed by atoms with Gasteiger partial charge in [-0.15, -0.1) is 11.6 Å². The van der Waals surface area contributed by atoms with Crippen LogP contribution in [0.1, 0.15) is 11.1 Å². The van der Waals surface area contributed by atoms with Gasteiger partial charge in [-0.1, -0.05) is 36.4 Å². The summed E-state index contributed by atoms with van der Waals surface area (Å²) in [6.45, 7) is 5.17. The van der Waals surface area contributed by atoms with E-state index >= 15 is 0 Å². The second-order valence-electron chi connectivity index (χ2n) is 5.37. The van der Waals surface area contributed by atoms with Gasteiger partial charge >= 0.3 is 0 Å². The fourth-order valence-electron chi connectivity index (χ4n) is 2.78. The van der Waals surface area contributed by atoms with Crippen LogP contribution < -0.4 is 4.90 Å². The van der Waals surface area contributed by atoms with E-state index in [-0.39, 0.29) is 0 Å². The summed E-state index contributed by atoms with van der Waals surface area (Å²) in [6, 6.07) is 14.7. The number of benzene rings is 1. The third kappa shape index (κ3) is 3.55. The van der Waals surface area contributed by atoms with Crippen LogP contribution in [-0.4, -0.2) is 36.1 Å². The maximum absolute atomic E-state index is 6.01. The molecule has 0 aliphatic carbocycles. The largest absolute Gasteiger partial charge is 0.354 e. The van der Waals surface area contributed by atoms with Gasteiger partial charge < -0.3 is 4.90 Å². The SMILES string of the molecule is ClCc1cccnc1N1CCN(Cc2ccccc2)CC1. The summed E-state index contributed by atoms with van der Waals surface area (Å²) in [5.74, 6) is 1.57. The molecule has 1 aliphatic rings. The highest BCUT2D eigenvalue weighted by molar-refractivity contribution is 6.17. The van der Waals surface area contributed by atoms with Crippen molar-refractivity contribution in [2.75, 3.05) is 31.1 Å². The maximum Gasteiger partial charge on any atom is 0.133 e. The number of alkyl halides is 1. The van der Waals surface area contributed by atoms with E-state index in [0.717, 1.165) is 44.1 Å². The highest BCUT2D eigenvalue weighted by Gasteiger charge is 2.19. The third-order valence-electron chi connectivity index (χ3n) is 3.93. The molecule has 1 fully saturated rings. The topological polar surface area (TPSA) is 19.4 Å². The Bertz CT molecular complexity index is 565. The molecule has 0 atom stereocenters. The van der Waals surface area contributed by atoms with Crippen LogP contribution in [0.4, 0.5) is 5.82 Å². The van der Waals surface area contributed by atoms with E-state index in [1.807, 2.05) is 12.3 Å². The Hall–Kier alpha value is -1.58. The van der Waals surface area contributed by atoms with Crippen LogP contribution in [0.25, 0.3) is 0 Å². The molecule has 2 aromatic rings. The van der Waals surface area contributed by atoms with Gasteiger partial charge in [0.05, 0.1) is 5.88 Å². The van der Waals surface area contributed by atoms with E-state index in [2.05, 4.69) is 51.2 Å². The molecule has 0 bridgehead atoms. The summed E-state index contributed by atoms with van der Waals surface area (Å²) in [4.78, 5) is 9.35. The van der Waals surface area contributed by atoms with Gasteiger partial charge in [-0.25, -0.2) is 4.98 Å². The molecule has 1 saturated heterocycles. The van der Waals surface area contributed by atoms with Gasteiger partial charge in [0.2, 0.25) is 0 Å². The molecule has 1 aromatic carbocycles. The predicted molar refractivity (Wildman–Crippen MR) is 87.7 cm³/mol. The van der Waals surface area contributed by atoms with Gasteiger partial charge in [-0.3, -0.25) is 4.90 Å². The van der Waals surface area contributed by atoms with Gasteiger partial charge in [0, 0.05) is 44.5 Å². The quantitative estimate of drug-likeness (QED) is 0.809. The Morgan fingerprint density at radius 1 is 0.952 bits per heavy atom. The predicted octanol–water partition coefficient (Wildman–Crippen LogP) is 3.14. The number of hydrogen-bond acceptors (Lipinski definition) is 3. The average molecular weight is 302 g/mol. The second-order valence-corrected chi connectivity index (χ2v) is 5.64. The Morgan fingerprint density at radius 3 is 2.43 bits per heavy atom. The first-order chi connectivity index (χ1) is 10.4. The maximum atomic E-state index is 6.01. The highest BCUT2D eigenvalue weighted by atomic mass is 35.5. The minimum atomic E-state index is 0.521. The van der Waals surface area contributed by atoms with Crippen LogP contribution in [0.3, 0.4) is 0 Å². The lowest BCUT2D eigenvalue weighted by atomic mass is 10.2. The molecule has 21 heavy (non-hydrogen) atoms. The minimum absolute atomic E-state index is 0.521. The summed E-state index contributed by atoms with van der Waals surface area (Å²) in [6.07, 6.45) is 1.85. The van der Waals surface area contributed by atoms with Crippen molar-refractivity contribution in [2.45, 2.75) is 12.4 Å². The van der Waals surface area contributed by atoms with E-state index in [9.17, 15) is 0 Å². The first-order valence-corrected chi connectivity index (χ1v) is 7.91. The monoisotopic (exact) mass is 301 g/mol. The lowest BCUT2D eigenvalue weighted by Crippen LogP contribution is -2.46. The molecule has 0 N–H and O–H groups in total. The van der Waals surface area contributed by atoms with Crippen LogP contribution in [-0.2, 0) is 12.4 Å². The van der Waals surface area contributed by atoms with E-state index in [1.54, 1.807) is 0 Å². The Kier molecular flexibility index (Phi) is 4.73. The standard InChI is InChI=1S/C17H20ClN3/c18-13-16-7-4-8-19-17(16)21-11-9-20(10-12-21)14-15-5-2-1-3-6-15/h1-8H,9-14H2. The van der Waals surface area contributed by atoms with E-state index < -0.39 is 0 Å². The summed E-state index contributed by atoms with van der Waals surface area (Å²) in [5.41, 5.74) is 2.50. The van der Waals surface area contributed by atoms with Crippen molar-refractivity contribution < 1.29 is 0 Å². The molecule has 2 heterocycles. The summed E-state index contributed by atoms with van der Waals surface area (Å²) < 4.78 is 0. The first-order valence-electron chi connectivity index (χ1n) is 7.38. The molecular weight excluding hydrogens is 282 g/mol. The minimum Gasteiger partial charge on any atom is -0.354 e. The van der Waals surface area contributed by atoms with Gasteiger partial charge in [0.15, 0.2) is 0 Å².